The molecule has 0 N–H and O–H groups in total. The number of nitrogens with zero attached hydrogens (tertiary/aromatic N) is 1. The predicted octanol–water partition coefficient (Wildman–Crippen LogP) is 3.85. The lowest BCUT2D eigenvalue weighted by Crippen LogP contribution is -2.19. The van der Waals surface area contributed by atoms with Crippen molar-refractivity contribution in [2.24, 2.45) is 4.99 Å². The fourth-order valence-electron chi connectivity index (χ4n) is 2.52. The fourth-order valence-corrected chi connectivity index (χ4v) is 2.52. The van der Waals surface area contributed by atoms with Crippen LogP contribution in [0.4, 0.5) is 0 Å². The maximum Gasteiger partial charge on any atom is 0.216 e. The van der Waals surface area contributed by atoms with Crippen LogP contribution in [0.5, 0.6) is 0 Å². The van der Waals surface area contributed by atoms with Crippen LogP contribution in [0.15, 0.2) is 65.7 Å². The van der Waals surface area contributed by atoms with Gasteiger partial charge in [0.25, 0.3) is 0 Å². The number of benzene rings is 2. The summed E-state index contributed by atoms with van der Waals surface area (Å²) in [7, 11) is 0. The smallest absolute Gasteiger partial charge is 0.216 e. The maximum absolute atomic E-state index is 5.90. The molecule has 0 saturated carbocycles. The van der Waals surface area contributed by atoms with E-state index < -0.39 is 0 Å². The summed E-state index contributed by atoms with van der Waals surface area (Å²) in [6.45, 7) is 2.11. The zero-order chi connectivity index (χ0) is 13.8. The van der Waals surface area contributed by atoms with Crippen molar-refractivity contribution >= 4 is 5.90 Å². The Morgan fingerprint density at radius 1 is 0.950 bits per heavy atom. The minimum absolute atomic E-state index is 0.161. The molecule has 0 aromatic heterocycles. The minimum atomic E-state index is 0.161. The molecular formula is C18H19NO. The SMILES string of the molecule is CC1OC(c2ccccc2)=NC1CCc1ccccc1. The van der Waals surface area contributed by atoms with Gasteiger partial charge in [0.1, 0.15) is 6.10 Å². The second kappa shape index (κ2) is 5.91. The van der Waals surface area contributed by atoms with E-state index in [9.17, 15) is 0 Å². The van der Waals surface area contributed by atoms with Crippen molar-refractivity contribution in [3.05, 3.63) is 71.8 Å². The summed E-state index contributed by atoms with van der Waals surface area (Å²) in [6.07, 6.45) is 2.24. The molecule has 1 heterocycles. The summed E-state index contributed by atoms with van der Waals surface area (Å²) in [6, 6.07) is 21.0. The number of aliphatic imine (C=N–C) groups is 1. The highest BCUT2D eigenvalue weighted by Crippen LogP contribution is 2.21. The van der Waals surface area contributed by atoms with E-state index in [2.05, 4.69) is 37.3 Å². The Kier molecular flexibility index (Phi) is 3.82. The molecule has 0 radical (unpaired) electrons. The van der Waals surface area contributed by atoms with Gasteiger partial charge in [-0.05, 0) is 37.5 Å². The molecule has 2 aromatic rings. The quantitative estimate of drug-likeness (QED) is 0.822. The Hall–Kier alpha value is -2.09. The molecular weight excluding hydrogens is 246 g/mol. The topological polar surface area (TPSA) is 21.6 Å². The third kappa shape index (κ3) is 2.90. The Morgan fingerprint density at radius 3 is 2.30 bits per heavy atom. The van der Waals surface area contributed by atoms with Crippen molar-refractivity contribution < 1.29 is 4.74 Å². The lowest BCUT2D eigenvalue weighted by molar-refractivity contribution is 0.208. The van der Waals surface area contributed by atoms with Crippen LogP contribution >= 0.6 is 0 Å². The summed E-state index contributed by atoms with van der Waals surface area (Å²) in [5.41, 5.74) is 2.43. The molecule has 2 atom stereocenters. The van der Waals surface area contributed by atoms with Crippen LogP contribution in [-0.4, -0.2) is 18.0 Å². The molecule has 102 valence electrons. The van der Waals surface area contributed by atoms with Crippen LogP contribution in [0.2, 0.25) is 0 Å². The van der Waals surface area contributed by atoms with E-state index in [0.29, 0.717) is 0 Å². The summed E-state index contributed by atoms with van der Waals surface area (Å²) in [4.78, 5) is 4.75. The summed E-state index contributed by atoms with van der Waals surface area (Å²) in [5, 5.41) is 0. The molecule has 2 unspecified atom stereocenters. The third-order valence-corrected chi connectivity index (χ3v) is 3.71. The molecule has 0 fully saturated rings. The molecule has 0 spiro atoms. The lowest BCUT2D eigenvalue weighted by atomic mass is 10.0. The van der Waals surface area contributed by atoms with Gasteiger partial charge in [0.05, 0.1) is 6.04 Å². The van der Waals surface area contributed by atoms with E-state index in [1.165, 1.54) is 5.56 Å². The largest absolute Gasteiger partial charge is 0.472 e. The van der Waals surface area contributed by atoms with Gasteiger partial charge < -0.3 is 4.74 Å². The molecule has 0 saturated heterocycles. The van der Waals surface area contributed by atoms with Crippen molar-refractivity contribution in [2.75, 3.05) is 0 Å². The lowest BCUT2D eigenvalue weighted by Gasteiger charge is -2.12. The number of aryl methyl sites for hydroxylation is 1. The molecule has 0 bridgehead atoms. The fraction of sp³-hybridized carbons (Fsp3) is 0.278. The molecule has 1 aliphatic rings. The predicted molar refractivity (Wildman–Crippen MR) is 82.1 cm³/mol. The number of rotatable bonds is 4. The molecule has 2 nitrogen and oxygen atoms in total. The van der Waals surface area contributed by atoms with Crippen molar-refractivity contribution in [1.82, 2.24) is 0 Å². The van der Waals surface area contributed by atoms with Crippen LogP contribution in [0.3, 0.4) is 0 Å². The first-order chi connectivity index (χ1) is 9.83. The Labute approximate surface area is 120 Å². The second-order valence-electron chi connectivity index (χ2n) is 5.21. The normalized spacial score (nSPS) is 21.4. The molecule has 3 rings (SSSR count). The van der Waals surface area contributed by atoms with Gasteiger partial charge >= 0.3 is 0 Å². The van der Waals surface area contributed by atoms with Crippen molar-refractivity contribution in [2.45, 2.75) is 31.9 Å². The zero-order valence-electron chi connectivity index (χ0n) is 11.7. The van der Waals surface area contributed by atoms with Gasteiger partial charge in [-0.3, -0.25) is 0 Å². The summed E-state index contributed by atoms with van der Waals surface area (Å²) < 4.78 is 5.90. The highest BCUT2D eigenvalue weighted by atomic mass is 16.5. The van der Waals surface area contributed by atoms with E-state index >= 15 is 0 Å². The maximum atomic E-state index is 5.90. The first-order valence-electron chi connectivity index (χ1n) is 7.17. The Bertz CT molecular complexity index is 577. The Balaban J connectivity index is 1.67. The van der Waals surface area contributed by atoms with Gasteiger partial charge in [0.2, 0.25) is 5.90 Å². The van der Waals surface area contributed by atoms with Crippen molar-refractivity contribution in [3.8, 4) is 0 Å². The zero-order valence-corrected chi connectivity index (χ0v) is 11.7. The van der Waals surface area contributed by atoms with Crippen molar-refractivity contribution in [1.29, 1.82) is 0 Å². The van der Waals surface area contributed by atoms with Crippen LogP contribution < -0.4 is 0 Å². The van der Waals surface area contributed by atoms with Gasteiger partial charge in [-0.1, -0.05) is 48.5 Å². The van der Waals surface area contributed by atoms with Crippen LogP contribution in [0.25, 0.3) is 0 Å². The third-order valence-electron chi connectivity index (χ3n) is 3.71. The van der Waals surface area contributed by atoms with Crippen molar-refractivity contribution in [3.63, 3.8) is 0 Å². The molecule has 0 amide bonds. The number of hydrogen-bond donors (Lipinski definition) is 0. The number of ether oxygens (including phenoxy) is 1. The first kappa shape index (κ1) is 12.9. The van der Waals surface area contributed by atoms with Crippen LogP contribution in [0, 0.1) is 0 Å². The van der Waals surface area contributed by atoms with E-state index in [-0.39, 0.29) is 12.1 Å². The van der Waals surface area contributed by atoms with Crippen LogP contribution in [0.1, 0.15) is 24.5 Å². The van der Waals surface area contributed by atoms with Gasteiger partial charge in [-0.2, -0.15) is 0 Å². The first-order valence-corrected chi connectivity index (χ1v) is 7.17. The van der Waals surface area contributed by atoms with Gasteiger partial charge in [0.15, 0.2) is 0 Å². The summed E-state index contributed by atoms with van der Waals surface area (Å²) >= 11 is 0. The average Bonchev–Trinajstić information content (AvgIpc) is 2.88. The Morgan fingerprint density at radius 2 is 1.60 bits per heavy atom. The monoisotopic (exact) mass is 265 g/mol. The molecule has 2 heteroatoms. The molecule has 0 aliphatic carbocycles. The second-order valence-corrected chi connectivity index (χ2v) is 5.21. The van der Waals surface area contributed by atoms with Crippen LogP contribution in [-0.2, 0) is 11.2 Å². The highest BCUT2D eigenvalue weighted by Gasteiger charge is 2.27. The van der Waals surface area contributed by atoms with Gasteiger partial charge in [0, 0.05) is 5.56 Å². The van der Waals surface area contributed by atoms with E-state index in [4.69, 9.17) is 9.73 Å². The number of hydrogen-bond acceptors (Lipinski definition) is 2. The standard InChI is InChI=1S/C18H19NO/c1-14-17(13-12-15-8-4-2-5-9-15)19-18(20-14)16-10-6-3-7-11-16/h2-11,14,17H,12-13H2,1H3. The molecule has 20 heavy (non-hydrogen) atoms. The van der Waals surface area contributed by atoms with E-state index in [0.717, 1.165) is 24.3 Å². The van der Waals surface area contributed by atoms with Gasteiger partial charge in [-0.15, -0.1) is 0 Å². The summed E-state index contributed by atoms with van der Waals surface area (Å²) in [5.74, 6) is 0.788. The van der Waals surface area contributed by atoms with E-state index in [1.54, 1.807) is 0 Å². The highest BCUT2D eigenvalue weighted by molar-refractivity contribution is 5.95. The minimum Gasteiger partial charge on any atom is -0.472 e. The average molecular weight is 265 g/mol. The van der Waals surface area contributed by atoms with E-state index in [1.807, 2.05) is 30.3 Å². The molecule has 2 aromatic carbocycles. The molecule has 1 aliphatic heterocycles. The van der Waals surface area contributed by atoms with Gasteiger partial charge in [-0.25, -0.2) is 4.99 Å².